The normalized spacial score (nSPS) is 13.8. The van der Waals surface area contributed by atoms with Gasteiger partial charge in [-0.1, -0.05) is 18.2 Å². The van der Waals surface area contributed by atoms with Gasteiger partial charge in [0.05, 0.1) is 18.5 Å². The molecule has 0 amide bonds. The van der Waals surface area contributed by atoms with Crippen LogP contribution in [0, 0.1) is 10.1 Å². The van der Waals surface area contributed by atoms with Gasteiger partial charge < -0.3 is 4.74 Å². The van der Waals surface area contributed by atoms with Crippen LogP contribution in [-0.2, 0) is 16.0 Å². The van der Waals surface area contributed by atoms with E-state index < -0.39 is 16.4 Å². The minimum atomic E-state index is -1.80. The Bertz CT molecular complexity index is 718. The van der Waals surface area contributed by atoms with Gasteiger partial charge in [0, 0.05) is 53.8 Å². The number of fused-ring (bicyclic) bond motifs is 1. The molecular formula is C14H15IN2O4S. The summed E-state index contributed by atoms with van der Waals surface area (Å²) >= 11 is 2.15. The largest absolute Gasteiger partial charge is 0.461 e. The maximum absolute atomic E-state index is 12.1. The third-order valence-electron chi connectivity index (χ3n) is 3.49. The topological polar surface area (TPSA) is 74.4 Å². The molecule has 0 spiro atoms. The fourth-order valence-corrected chi connectivity index (χ4v) is 3.69. The van der Waals surface area contributed by atoms with Crippen molar-refractivity contribution in [1.29, 1.82) is 0 Å². The zero-order chi connectivity index (χ0) is 16.3. The van der Waals surface area contributed by atoms with Gasteiger partial charge in [-0.25, -0.2) is 4.79 Å². The van der Waals surface area contributed by atoms with E-state index in [-0.39, 0.29) is 13.0 Å². The summed E-state index contributed by atoms with van der Waals surface area (Å²) in [6, 6.07) is 7.53. The molecule has 1 heterocycles. The van der Waals surface area contributed by atoms with E-state index in [2.05, 4.69) is 21.2 Å². The number of halogens is 1. The molecule has 8 heteroatoms. The molecule has 1 aromatic carbocycles. The van der Waals surface area contributed by atoms with E-state index in [0.29, 0.717) is 0 Å². The van der Waals surface area contributed by atoms with Crippen LogP contribution in [0.1, 0.15) is 19.4 Å². The summed E-state index contributed by atoms with van der Waals surface area (Å²) < 4.78 is 6.82. The zero-order valence-electron chi connectivity index (χ0n) is 12.1. The Labute approximate surface area is 144 Å². The summed E-state index contributed by atoms with van der Waals surface area (Å²) in [7, 11) is 1.47. The second-order valence-corrected chi connectivity index (χ2v) is 6.71. The predicted octanol–water partition coefficient (Wildman–Crippen LogP) is 3.63. The Morgan fingerprint density at radius 1 is 1.50 bits per heavy atom. The van der Waals surface area contributed by atoms with Crippen molar-refractivity contribution in [2.75, 3.05) is 6.61 Å². The van der Waals surface area contributed by atoms with Crippen LogP contribution in [0.5, 0.6) is 0 Å². The molecule has 22 heavy (non-hydrogen) atoms. The Kier molecular flexibility index (Phi) is 5.32. The number of aromatic nitrogens is 1. The first-order chi connectivity index (χ1) is 10.4. The molecule has 0 N–H and O–H groups in total. The monoisotopic (exact) mass is 434 g/mol. The number of hydrogen-bond acceptors (Lipinski definition) is 5. The van der Waals surface area contributed by atoms with Crippen molar-refractivity contribution in [1.82, 2.24) is 3.97 Å². The minimum absolute atomic E-state index is 0.0165. The van der Waals surface area contributed by atoms with Gasteiger partial charge in [0.2, 0.25) is 0 Å². The summed E-state index contributed by atoms with van der Waals surface area (Å²) in [6.45, 7) is 3.07. The number of ether oxygens (including phenoxy) is 1. The molecule has 0 saturated carbocycles. The van der Waals surface area contributed by atoms with Crippen LogP contribution in [0.25, 0.3) is 10.9 Å². The number of esters is 1. The Balaban J connectivity index is 2.49. The summed E-state index contributed by atoms with van der Waals surface area (Å²) in [6.07, 6.45) is 1.89. The van der Waals surface area contributed by atoms with Crippen molar-refractivity contribution in [2.24, 2.45) is 0 Å². The highest BCUT2D eigenvalue weighted by Gasteiger charge is 2.48. The maximum atomic E-state index is 12.1. The minimum Gasteiger partial charge on any atom is -0.461 e. The lowest BCUT2D eigenvalue weighted by Crippen LogP contribution is -2.46. The third-order valence-corrected chi connectivity index (χ3v) is 5.21. The van der Waals surface area contributed by atoms with E-state index in [9.17, 15) is 14.9 Å². The van der Waals surface area contributed by atoms with Crippen LogP contribution < -0.4 is 0 Å². The number of carbonyl (C=O) groups excluding carboxylic acids is 1. The second-order valence-electron chi connectivity index (χ2n) is 4.99. The first-order valence-corrected chi connectivity index (χ1v) is 9.95. The lowest BCUT2D eigenvalue weighted by Gasteiger charge is -2.19. The third kappa shape index (κ3) is 3.07. The summed E-state index contributed by atoms with van der Waals surface area (Å²) in [5.41, 5.74) is -0.159. The van der Waals surface area contributed by atoms with Crippen LogP contribution >= 0.6 is 30.3 Å². The first kappa shape index (κ1) is 17.1. The molecule has 1 unspecified atom stereocenters. The van der Waals surface area contributed by atoms with Gasteiger partial charge in [-0.3, -0.25) is 14.1 Å². The van der Waals surface area contributed by atoms with Gasteiger partial charge in [-0.2, -0.15) is 0 Å². The highest BCUT2D eigenvalue weighted by atomic mass is 127. The fraction of sp³-hybridized carbons (Fsp3) is 0.357. The van der Waals surface area contributed by atoms with Gasteiger partial charge >= 0.3 is 11.5 Å². The lowest BCUT2D eigenvalue weighted by molar-refractivity contribution is -0.550. The number of hydrogen-bond donors (Lipinski definition) is 0. The van der Waals surface area contributed by atoms with Gasteiger partial charge in [0.25, 0.3) is 0 Å². The molecule has 1 aromatic heterocycles. The number of nitrogens with zero attached hydrogens (tertiary/aromatic N) is 2. The van der Waals surface area contributed by atoms with Crippen molar-refractivity contribution < 1.29 is 14.5 Å². The van der Waals surface area contributed by atoms with Crippen LogP contribution in [0.3, 0.4) is 0 Å². The van der Waals surface area contributed by atoms with Crippen molar-refractivity contribution in [3.8, 4) is 0 Å². The number of nitro groups is 1. The molecule has 118 valence electrons. The molecule has 0 fully saturated rings. The Morgan fingerprint density at radius 2 is 2.23 bits per heavy atom. The highest BCUT2D eigenvalue weighted by molar-refractivity contribution is 14.2. The van der Waals surface area contributed by atoms with Crippen LogP contribution in [0.2, 0.25) is 0 Å². The standard InChI is InChI=1S/C14H15IN2O4S/c1-3-21-13(18)14(2,17(19)20)9-11-6-4-5-10-7-8-16(22-15)12(10)11/h4-8H,3,9H2,1-2H3. The molecule has 2 aromatic rings. The average Bonchev–Trinajstić information content (AvgIpc) is 2.91. The highest BCUT2D eigenvalue weighted by Crippen LogP contribution is 2.30. The molecule has 0 aliphatic heterocycles. The molecule has 6 nitrogen and oxygen atoms in total. The molecule has 2 rings (SSSR count). The molecule has 0 bridgehead atoms. The number of rotatable bonds is 6. The van der Waals surface area contributed by atoms with Crippen molar-refractivity contribution in [2.45, 2.75) is 25.8 Å². The van der Waals surface area contributed by atoms with Gasteiger partial charge in [-0.15, -0.1) is 0 Å². The van der Waals surface area contributed by atoms with E-state index in [4.69, 9.17) is 4.74 Å². The van der Waals surface area contributed by atoms with Crippen molar-refractivity contribution >= 4 is 47.2 Å². The van der Waals surface area contributed by atoms with Gasteiger partial charge in [0.1, 0.15) is 0 Å². The first-order valence-electron chi connectivity index (χ1n) is 6.63. The fourth-order valence-electron chi connectivity index (χ4n) is 2.31. The van der Waals surface area contributed by atoms with E-state index >= 15 is 0 Å². The average molecular weight is 434 g/mol. The lowest BCUT2D eigenvalue weighted by atomic mass is 9.92. The molecule has 0 radical (unpaired) electrons. The molecule has 1 atom stereocenters. The quantitative estimate of drug-likeness (QED) is 0.301. The van der Waals surface area contributed by atoms with Crippen LogP contribution in [0.15, 0.2) is 30.5 Å². The SMILES string of the molecule is CCOC(=O)C(C)(Cc1cccc2ccn(SI)c12)[N+](=O)[O-]. The smallest absolute Gasteiger partial charge is 0.384 e. The molecule has 0 saturated heterocycles. The van der Waals surface area contributed by atoms with Gasteiger partial charge in [0.15, 0.2) is 0 Å². The zero-order valence-corrected chi connectivity index (χ0v) is 15.1. The van der Waals surface area contributed by atoms with Crippen molar-refractivity contribution in [3.05, 3.63) is 46.1 Å². The van der Waals surface area contributed by atoms with Crippen LogP contribution in [0.4, 0.5) is 0 Å². The summed E-state index contributed by atoms with van der Waals surface area (Å²) in [5.74, 6) is -0.808. The Hall–Kier alpha value is -1.29. The van der Waals surface area contributed by atoms with E-state index in [1.807, 2.05) is 34.4 Å². The van der Waals surface area contributed by atoms with Gasteiger partial charge in [-0.05, 0) is 18.6 Å². The molecule has 0 aliphatic rings. The summed E-state index contributed by atoms with van der Waals surface area (Å²) in [4.78, 5) is 23.0. The molecule has 0 aliphatic carbocycles. The number of para-hydroxylation sites is 1. The maximum Gasteiger partial charge on any atom is 0.384 e. The van der Waals surface area contributed by atoms with E-state index in [1.54, 1.807) is 6.92 Å². The number of benzene rings is 1. The molecular weight excluding hydrogens is 419 g/mol. The van der Waals surface area contributed by atoms with Crippen LogP contribution in [-0.4, -0.2) is 27.0 Å². The number of carbonyl (C=O) groups is 1. The second kappa shape index (κ2) is 6.86. The van der Waals surface area contributed by atoms with Crippen molar-refractivity contribution in [3.63, 3.8) is 0 Å². The van der Waals surface area contributed by atoms with E-state index in [0.717, 1.165) is 16.5 Å². The Morgan fingerprint density at radius 3 is 2.82 bits per heavy atom. The van der Waals surface area contributed by atoms with E-state index in [1.165, 1.54) is 16.0 Å². The summed E-state index contributed by atoms with van der Waals surface area (Å²) in [5, 5.41) is 12.4. The predicted molar refractivity (Wildman–Crippen MR) is 94.7 cm³/mol.